The number of hydrogen-bond donors (Lipinski definition) is 1. The van der Waals surface area contributed by atoms with Crippen LogP contribution in [0, 0.1) is 10.5 Å². The number of carbonyl (C=O) groups is 1. The van der Waals surface area contributed by atoms with Crippen LogP contribution in [0.1, 0.15) is 5.56 Å². The smallest absolute Gasteiger partial charge is 0.245 e. The Balaban J connectivity index is 2.24. The largest absolute Gasteiger partial charge is 0.324 e. The van der Waals surface area contributed by atoms with E-state index in [2.05, 4.69) is 27.9 Å². The normalized spacial score (nSPS) is 11.1. The van der Waals surface area contributed by atoms with Gasteiger partial charge in [-0.05, 0) is 53.3 Å². The Labute approximate surface area is 149 Å². The zero-order valence-electron chi connectivity index (χ0n) is 12.8. The van der Waals surface area contributed by atoms with Gasteiger partial charge < -0.3 is 5.32 Å². The summed E-state index contributed by atoms with van der Waals surface area (Å²) in [7, 11) is -3.57. The van der Waals surface area contributed by atoms with Crippen LogP contribution in [-0.4, -0.2) is 27.1 Å². The first-order valence-corrected chi connectivity index (χ1v) is 9.79. The quantitative estimate of drug-likeness (QED) is 0.722. The van der Waals surface area contributed by atoms with Crippen molar-refractivity contribution in [3.8, 4) is 0 Å². The van der Waals surface area contributed by atoms with Crippen molar-refractivity contribution in [3.63, 3.8) is 0 Å². The van der Waals surface area contributed by atoms with Gasteiger partial charge in [0.15, 0.2) is 0 Å². The van der Waals surface area contributed by atoms with Crippen LogP contribution >= 0.6 is 22.6 Å². The summed E-state index contributed by atoms with van der Waals surface area (Å²) in [5.41, 5.74) is 1.96. The molecular formula is C16H17IN2O3S. The van der Waals surface area contributed by atoms with Gasteiger partial charge in [-0.25, -0.2) is 8.42 Å². The second-order valence-electron chi connectivity index (χ2n) is 5.08. The minimum absolute atomic E-state index is 0.269. The van der Waals surface area contributed by atoms with Gasteiger partial charge in [-0.1, -0.05) is 30.3 Å². The molecule has 0 saturated heterocycles. The van der Waals surface area contributed by atoms with Crippen LogP contribution in [0.25, 0.3) is 0 Å². The molecule has 0 saturated carbocycles. The molecule has 122 valence electrons. The van der Waals surface area contributed by atoms with Crippen molar-refractivity contribution in [3.05, 3.63) is 57.7 Å². The van der Waals surface area contributed by atoms with Gasteiger partial charge in [0.2, 0.25) is 15.9 Å². The molecule has 0 aliphatic rings. The number of carbonyl (C=O) groups excluding carboxylic acids is 1. The van der Waals surface area contributed by atoms with Crippen LogP contribution in [0.3, 0.4) is 0 Å². The molecule has 0 aliphatic carbocycles. The van der Waals surface area contributed by atoms with Crippen molar-refractivity contribution < 1.29 is 13.2 Å². The summed E-state index contributed by atoms with van der Waals surface area (Å²) in [6.07, 6.45) is 1.10. The van der Waals surface area contributed by atoms with Crippen LogP contribution < -0.4 is 9.62 Å². The number of para-hydroxylation sites is 2. The number of nitrogens with zero attached hydrogens (tertiary/aromatic N) is 1. The maximum Gasteiger partial charge on any atom is 0.245 e. The molecule has 23 heavy (non-hydrogen) atoms. The number of anilines is 2. The lowest BCUT2D eigenvalue weighted by Crippen LogP contribution is -2.37. The number of aryl methyl sites for hydroxylation is 1. The first kappa shape index (κ1) is 17.7. The SMILES string of the molecule is Cc1ccccc1N(CC(=O)Nc1ccccc1I)S(C)(=O)=O. The summed E-state index contributed by atoms with van der Waals surface area (Å²) in [5, 5.41) is 2.75. The lowest BCUT2D eigenvalue weighted by Gasteiger charge is -2.23. The highest BCUT2D eigenvalue weighted by atomic mass is 127. The van der Waals surface area contributed by atoms with Crippen molar-refractivity contribution in [2.24, 2.45) is 0 Å². The molecule has 1 amide bonds. The summed E-state index contributed by atoms with van der Waals surface area (Å²) < 4.78 is 26.2. The summed E-state index contributed by atoms with van der Waals surface area (Å²) in [6, 6.07) is 14.4. The molecule has 1 N–H and O–H groups in total. The van der Waals surface area contributed by atoms with Crippen LogP contribution in [0.15, 0.2) is 48.5 Å². The number of amides is 1. The molecule has 2 rings (SSSR count). The molecule has 7 heteroatoms. The number of nitrogens with one attached hydrogen (secondary N) is 1. The van der Waals surface area contributed by atoms with Crippen molar-refractivity contribution in [1.82, 2.24) is 0 Å². The van der Waals surface area contributed by atoms with Gasteiger partial charge >= 0.3 is 0 Å². The third-order valence-corrected chi connectivity index (χ3v) is 5.29. The highest BCUT2D eigenvalue weighted by Gasteiger charge is 2.22. The van der Waals surface area contributed by atoms with Gasteiger partial charge in [-0.2, -0.15) is 0 Å². The maximum absolute atomic E-state index is 12.3. The molecule has 0 aromatic heterocycles. The lowest BCUT2D eigenvalue weighted by atomic mass is 10.2. The zero-order chi connectivity index (χ0) is 17.0. The summed E-state index contributed by atoms with van der Waals surface area (Å²) >= 11 is 2.11. The van der Waals surface area contributed by atoms with E-state index in [9.17, 15) is 13.2 Å². The Morgan fingerprint density at radius 1 is 1.13 bits per heavy atom. The molecule has 0 aliphatic heterocycles. The average molecular weight is 444 g/mol. The highest BCUT2D eigenvalue weighted by molar-refractivity contribution is 14.1. The second kappa shape index (κ2) is 7.31. The molecule has 5 nitrogen and oxygen atoms in total. The number of sulfonamides is 1. The number of halogens is 1. The average Bonchev–Trinajstić information content (AvgIpc) is 2.47. The van der Waals surface area contributed by atoms with Crippen molar-refractivity contribution in [2.45, 2.75) is 6.92 Å². The summed E-state index contributed by atoms with van der Waals surface area (Å²) in [5.74, 6) is -0.386. The molecule has 0 unspecified atom stereocenters. The molecule has 2 aromatic carbocycles. The van der Waals surface area contributed by atoms with E-state index in [0.29, 0.717) is 11.4 Å². The van der Waals surface area contributed by atoms with E-state index < -0.39 is 10.0 Å². The Kier molecular flexibility index (Phi) is 5.64. The van der Waals surface area contributed by atoms with Crippen LogP contribution in [0.5, 0.6) is 0 Å². The minimum atomic E-state index is -3.57. The van der Waals surface area contributed by atoms with E-state index in [4.69, 9.17) is 0 Å². The molecule has 0 fully saturated rings. The number of hydrogen-bond acceptors (Lipinski definition) is 3. The third kappa shape index (κ3) is 4.68. The number of rotatable bonds is 5. The first-order chi connectivity index (χ1) is 10.8. The second-order valence-corrected chi connectivity index (χ2v) is 8.15. The number of benzene rings is 2. The van der Waals surface area contributed by atoms with E-state index in [0.717, 1.165) is 19.7 Å². The van der Waals surface area contributed by atoms with E-state index in [1.807, 2.05) is 37.3 Å². The van der Waals surface area contributed by atoms with E-state index in [-0.39, 0.29) is 12.5 Å². The standard InChI is InChI=1S/C16H17IN2O3S/c1-12-7-3-6-10-15(12)19(23(2,21)22)11-16(20)18-14-9-5-4-8-13(14)17/h3-10H,11H2,1-2H3,(H,18,20). The molecule has 0 spiro atoms. The zero-order valence-corrected chi connectivity index (χ0v) is 15.8. The topological polar surface area (TPSA) is 66.5 Å². The summed E-state index contributed by atoms with van der Waals surface area (Å²) in [6.45, 7) is 1.54. The van der Waals surface area contributed by atoms with Gasteiger partial charge in [0.05, 0.1) is 17.6 Å². The highest BCUT2D eigenvalue weighted by Crippen LogP contribution is 2.22. The minimum Gasteiger partial charge on any atom is -0.324 e. The van der Waals surface area contributed by atoms with Gasteiger partial charge in [0, 0.05) is 3.57 Å². The Hall–Kier alpha value is -1.61. The van der Waals surface area contributed by atoms with Crippen LogP contribution in [-0.2, 0) is 14.8 Å². The third-order valence-electron chi connectivity index (χ3n) is 3.22. The molecule has 0 atom stereocenters. The van der Waals surface area contributed by atoms with Gasteiger partial charge in [0.1, 0.15) is 6.54 Å². The van der Waals surface area contributed by atoms with E-state index in [1.165, 1.54) is 0 Å². The Bertz CT molecular complexity index is 822. The predicted octanol–water partition coefficient (Wildman–Crippen LogP) is 3.00. The lowest BCUT2D eigenvalue weighted by molar-refractivity contribution is -0.114. The van der Waals surface area contributed by atoms with Crippen molar-refractivity contribution >= 4 is 49.9 Å². The van der Waals surface area contributed by atoms with E-state index in [1.54, 1.807) is 18.2 Å². The summed E-state index contributed by atoms with van der Waals surface area (Å²) in [4.78, 5) is 12.3. The molecule has 2 aromatic rings. The molecule has 0 radical (unpaired) electrons. The van der Waals surface area contributed by atoms with E-state index >= 15 is 0 Å². The first-order valence-electron chi connectivity index (χ1n) is 6.87. The fourth-order valence-corrected chi connectivity index (χ4v) is 3.54. The van der Waals surface area contributed by atoms with Gasteiger partial charge in [-0.15, -0.1) is 0 Å². The van der Waals surface area contributed by atoms with Gasteiger partial charge in [0.25, 0.3) is 0 Å². The monoisotopic (exact) mass is 444 g/mol. The molecule has 0 heterocycles. The van der Waals surface area contributed by atoms with Crippen molar-refractivity contribution in [2.75, 3.05) is 22.4 Å². The van der Waals surface area contributed by atoms with Gasteiger partial charge in [-0.3, -0.25) is 9.10 Å². The molecular weight excluding hydrogens is 427 g/mol. The van der Waals surface area contributed by atoms with Crippen LogP contribution in [0.2, 0.25) is 0 Å². The van der Waals surface area contributed by atoms with Crippen molar-refractivity contribution in [1.29, 1.82) is 0 Å². The van der Waals surface area contributed by atoms with Crippen LogP contribution in [0.4, 0.5) is 11.4 Å². The fourth-order valence-electron chi connectivity index (χ4n) is 2.11. The molecule has 0 bridgehead atoms. The fraction of sp³-hybridized carbons (Fsp3) is 0.188. The Morgan fingerprint density at radius 3 is 2.35 bits per heavy atom. The Morgan fingerprint density at radius 2 is 1.74 bits per heavy atom. The predicted molar refractivity (Wildman–Crippen MR) is 101 cm³/mol. The maximum atomic E-state index is 12.3.